The Morgan fingerprint density at radius 1 is 0.490 bits per heavy atom. The second-order valence-corrected chi connectivity index (χ2v) is 11.1. The summed E-state index contributed by atoms with van der Waals surface area (Å²) in [5.74, 6) is 2.64. The van der Waals surface area contributed by atoms with Gasteiger partial charge in [-0.2, -0.15) is 22.9 Å². The number of pyridine rings is 2. The van der Waals surface area contributed by atoms with Gasteiger partial charge in [-0.3, -0.25) is 0 Å². The van der Waals surface area contributed by atoms with Crippen LogP contribution in [0.25, 0.3) is 50.3 Å². The molecule has 0 amide bonds. The van der Waals surface area contributed by atoms with E-state index in [0.29, 0.717) is 28.9 Å². The van der Waals surface area contributed by atoms with E-state index in [1.54, 1.807) is 18.5 Å². The van der Waals surface area contributed by atoms with Crippen molar-refractivity contribution in [3.8, 4) is 51.5 Å². The summed E-state index contributed by atoms with van der Waals surface area (Å²) in [6, 6.07) is 42.7. The normalized spacial score (nSPS) is 10.7. The average molecular weight is 998 g/mol. The van der Waals surface area contributed by atoms with Gasteiger partial charge in [0.25, 0.3) is 0 Å². The third kappa shape index (κ3) is 7.10. The summed E-state index contributed by atoms with van der Waals surface area (Å²) in [7, 11) is 0. The maximum absolute atomic E-state index is 6.28. The number of benzene rings is 4. The van der Waals surface area contributed by atoms with E-state index in [1.165, 1.54) is 0 Å². The van der Waals surface area contributed by atoms with Gasteiger partial charge in [0.15, 0.2) is 0 Å². The molecule has 8 aromatic rings. The fraction of sp³-hybridized carbons (Fsp3) is 0.0500. The van der Waals surface area contributed by atoms with Crippen molar-refractivity contribution < 1.29 is 51.6 Å². The van der Waals surface area contributed by atoms with Gasteiger partial charge in [-0.1, -0.05) is 47.4 Å². The molecule has 4 aromatic carbocycles. The van der Waals surface area contributed by atoms with Crippen molar-refractivity contribution in [3.05, 3.63) is 151 Å². The van der Waals surface area contributed by atoms with Gasteiger partial charge in [0, 0.05) is 47.8 Å². The molecule has 7 nitrogen and oxygen atoms in total. The predicted molar refractivity (Wildman–Crippen MR) is 181 cm³/mol. The minimum absolute atomic E-state index is 0. The molecule has 0 N–H and O–H groups in total. The van der Waals surface area contributed by atoms with E-state index in [-0.39, 0.29) is 42.1 Å². The van der Waals surface area contributed by atoms with Crippen LogP contribution in [-0.2, 0) is 42.1 Å². The number of hydrogen-bond acceptors (Lipinski definition) is 6. The Hall–Kier alpha value is -4.96. The third-order valence-electron chi connectivity index (χ3n) is 7.64. The van der Waals surface area contributed by atoms with Crippen LogP contribution in [0.5, 0.6) is 23.0 Å². The van der Waals surface area contributed by atoms with E-state index in [2.05, 4.69) is 44.2 Å². The van der Waals surface area contributed by atoms with Crippen LogP contribution in [0.3, 0.4) is 0 Å². The van der Waals surface area contributed by atoms with Crippen molar-refractivity contribution in [1.29, 1.82) is 0 Å². The molecule has 49 heavy (non-hydrogen) atoms. The van der Waals surface area contributed by atoms with Gasteiger partial charge in [0.05, 0.1) is 0 Å². The van der Waals surface area contributed by atoms with Gasteiger partial charge < -0.3 is 24.0 Å². The fourth-order valence-corrected chi connectivity index (χ4v) is 5.36. The van der Waals surface area contributed by atoms with Crippen molar-refractivity contribution in [2.45, 2.75) is 13.8 Å². The van der Waals surface area contributed by atoms with E-state index < -0.39 is 0 Å². The number of rotatable bonds is 7. The van der Waals surface area contributed by atoms with E-state index in [9.17, 15) is 0 Å². The number of fused-ring (bicyclic) bond motifs is 3. The average Bonchev–Trinajstić information content (AvgIpc) is 3.42. The van der Waals surface area contributed by atoms with Crippen LogP contribution >= 0.6 is 0 Å². The van der Waals surface area contributed by atoms with Crippen LogP contribution in [0.15, 0.2) is 116 Å². The molecule has 0 fully saturated rings. The summed E-state index contributed by atoms with van der Waals surface area (Å²) in [4.78, 5) is 18.2. The molecule has 0 atom stereocenters. The Labute approximate surface area is 312 Å². The number of aromatic nitrogens is 5. The van der Waals surface area contributed by atoms with Gasteiger partial charge >= 0.3 is 42.1 Å². The topological polar surface area (TPSA) is 75.0 Å². The molecule has 0 aliphatic carbocycles. The Balaban J connectivity index is 0.00000208. The maximum Gasteiger partial charge on any atom is 2.00 e. The smallest absolute Gasteiger partial charge is 0.503 e. The first kappa shape index (κ1) is 33.9. The largest absolute Gasteiger partial charge is 2.00 e. The quantitative estimate of drug-likeness (QED) is 0.149. The third-order valence-corrected chi connectivity index (χ3v) is 7.64. The molecule has 0 radical (unpaired) electrons. The molecule has 9 heteroatoms. The van der Waals surface area contributed by atoms with Crippen LogP contribution in [0, 0.1) is 38.1 Å². The molecule has 8 rings (SSSR count). The zero-order valence-electron chi connectivity index (χ0n) is 26.2. The van der Waals surface area contributed by atoms with Gasteiger partial charge in [-0.25, -0.2) is 9.97 Å². The van der Waals surface area contributed by atoms with E-state index >= 15 is 0 Å². The summed E-state index contributed by atoms with van der Waals surface area (Å²) in [6.07, 6.45) is 7.10. The van der Waals surface area contributed by atoms with Gasteiger partial charge in [0.2, 0.25) is 5.95 Å². The van der Waals surface area contributed by atoms with Crippen molar-refractivity contribution in [3.63, 3.8) is 0 Å². The number of ether oxygens (including phenoxy) is 2. The second kappa shape index (κ2) is 14.7. The SMILES string of the molecule is Cc1ccc(-c2[c-]c(Oc3[c-]c4c(cc3)c3ccc(Oc5[c-]c(-c6ccc(C)cn6)ccc5)[c-]c3n4-c3ncccn3)ccc2)nc1.[Pt+2].[Pt+2]. The van der Waals surface area contributed by atoms with Crippen LogP contribution in [-0.4, -0.2) is 24.5 Å². The van der Waals surface area contributed by atoms with Crippen molar-refractivity contribution in [2.75, 3.05) is 0 Å². The summed E-state index contributed by atoms with van der Waals surface area (Å²) in [5.41, 5.74) is 7.02. The monoisotopic (exact) mass is 997 g/mol. The van der Waals surface area contributed by atoms with Crippen LogP contribution in [0.2, 0.25) is 0 Å². The molecule has 4 aromatic heterocycles. The summed E-state index contributed by atoms with van der Waals surface area (Å²) < 4.78 is 14.5. The van der Waals surface area contributed by atoms with Gasteiger partial charge in [-0.15, -0.1) is 71.8 Å². The number of hydrogen-bond donors (Lipinski definition) is 0. The first-order valence-corrected chi connectivity index (χ1v) is 15.0. The van der Waals surface area contributed by atoms with E-state index in [0.717, 1.165) is 55.4 Å². The molecule has 242 valence electrons. The van der Waals surface area contributed by atoms with Gasteiger partial charge in [0.1, 0.15) is 0 Å². The van der Waals surface area contributed by atoms with Crippen molar-refractivity contribution in [2.24, 2.45) is 0 Å². The molecular weight excluding hydrogens is 973 g/mol. The first-order valence-electron chi connectivity index (χ1n) is 15.0. The van der Waals surface area contributed by atoms with Gasteiger partial charge in [-0.05, 0) is 42.4 Å². The van der Waals surface area contributed by atoms with E-state index in [4.69, 9.17) is 9.47 Å². The summed E-state index contributed by atoms with van der Waals surface area (Å²) in [5, 5.41) is 1.89. The standard InChI is InChI=1S/C40H25N5O2.2Pt/c1-26-10-16-36(43-24-26)28-6-3-8-30(20-28)46-32-12-14-34-35-15-13-33(23-39(35)45(38(34)22-32)40-41-18-5-19-42-40)47-31-9-4-7-29(21-31)37-17-11-27(2)25-44-37;;/h3-19,24-25H,1-2H3;;/q-4;2*+2. The molecule has 0 bridgehead atoms. The summed E-state index contributed by atoms with van der Waals surface area (Å²) in [6.45, 7) is 4.03. The molecule has 0 saturated carbocycles. The molecular formula is C40H25N5O2Pt2. The maximum atomic E-state index is 6.28. The molecule has 0 aliphatic rings. The Bertz CT molecular complexity index is 2230. The number of nitrogens with zero attached hydrogens (tertiary/aromatic N) is 5. The Kier molecular flexibility index (Phi) is 10.1. The molecule has 0 spiro atoms. The van der Waals surface area contributed by atoms with E-state index in [1.807, 2.05) is 116 Å². The van der Waals surface area contributed by atoms with Crippen molar-refractivity contribution >= 4 is 21.8 Å². The Morgan fingerprint density at radius 2 is 0.959 bits per heavy atom. The molecule has 0 saturated heterocycles. The fourth-order valence-electron chi connectivity index (χ4n) is 5.36. The minimum Gasteiger partial charge on any atom is -0.503 e. The molecule has 0 aliphatic heterocycles. The number of aryl methyl sites for hydroxylation is 2. The van der Waals surface area contributed by atoms with Crippen LogP contribution in [0.4, 0.5) is 0 Å². The molecule has 4 heterocycles. The second-order valence-electron chi connectivity index (χ2n) is 11.1. The zero-order valence-corrected chi connectivity index (χ0v) is 30.7. The Morgan fingerprint density at radius 3 is 1.41 bits per heavy atom. The first-order chi connectivity index (χ1) is 23.1. The predicted octanol–water partition coefficient (Wildman–Crippen LogP) is 9.09. The summed E-state index contributed by atoms with van der Waals surface area (Å²) >= 11 is 0. The minimum atomic E-state index is 0. The van der Waals surface area contributed by atoms with Crippen molar-refractivity contribution in [1.82, 2.24) is 24.5 Å². The zero-order chi connectivity index (χ0) is 31.7. The van der Waals surface area contributed by atoms with Crippen LogP contribution < -0.4 is 9.47 Å². The molecule has 0 unspecified atom stereocenters. The van der Waals surface area contributed by atoms with Crippen LogP contribution in [0.1, 0.15) is 11.1 Å².